The van der Waals surface area contributed by atoms with E-state index in [4.69, 9.17) is 15.3 Å². The van der Waals surface area contributed by atoms with E-state index in [1.807, 2.05) is 0 Å². The summed E-state index contributed by atoms with van der Waals surface area (Å²) in [4.78, 5) is 0. The van der Waals surface area contributed by atoms with Crippen molar-refractivity contribution in [1.82, 2.24) is 0 Å². The van der Waals surface area contributed by atoms with Gasteiger partial charge in [0.25, 0.3) is 0 Å². The Balaban J connectivity index is 0. The number of fused-ring (bicyclic) bond motifs is 1. The molecular formula is C17H28O3Ti. The normalized spacial score (nSPS) is 21.8. The molecule has 0 spiro atoms. The third-order valence-corrected chi connectivity index (χ3v) is 4.21. The minimum atomic E-state index is 0. The predicted molar refractivity (Wildman–Crippen MR) is 77.6 cm³/mol. The summed E-state index contributed by atoms with van der Waals surface area (Å²) in [6.45, 7) is 2.42. The quantitative estimate of drug-likeness (QED) is 0.494. The zero-order valence-corrected chi connectivity index (χ0v) is 15.4. The van der Waals surface area contributed by atoms with Crippen molar-refractivity contribution < 1.29 is 37.0 Å². The van der Waals surface area contributed by atoms with E-state index < -0.39 is 0 Å². The molecule has 118 valence electrons. The van der Waals surface area contributed by atoms with Crippen LogP contribution in [-0.2, 0) is 21.7 Å². The second-order valence-electron chi connectivity index (χ2n) is 4.96. The summed E-state index contributed by atoms with van der Waals surface area (Å²) >= 11 is 0. The fraction of sp³-hybridized carbons (Fsp3) is 0.706. The molecule has 0 aromatic rings. The van der Waals surface area contributed by atoms with Crippen molar-refractivity contribution >= 4 is 0 Å². The van der Waals surface area contributed by atoms with Crippen LogP contribution in [0.5, 0.6) is 0 Å². The second kappa shape index (κ2) is 13.6. The first kappa shape index (κ1) is 23.2. The maximum atomic E-state index is 8.25. The monoisotopic (exact) mass is 328 g/mol. The smallest absolute Gasteiger partial charge is 0.857 e. The summed E-state index contributed by atoms with van der Waals surface area (Å²) in [7, 11) is 2.25. The van der Waals surface area contributed by atoms with Crippen molar-refractivity contribution in [3.63, 3.8) is 0 Å². The van der Waals surface area contributed by atoms with Crippen LogP contribution in [0.25, 0.3) is 0 Å². The van der Waals surface area contributed by atoms with Gasteiger partial charge in [0.05, 0.1) is 0 Å². The minimum absolute atomic E-state index is 0. The Kier molecular flexibility index (Phi) is 15.0. The molecule has 0 amide bonds. The Hall–Kier alpha value is -0.0557. The van der Waals surface area contributed by atoms with Crippen molar-refractivity contribution in [3.8, 4) is 0 Å². The fourth-order valence-electron chi connectivity index (χ4n) is 3.51. The van der Waals surface area contributed by atoms with Gasteiger partial charge in [0.1, 0.15) is 0 Å². The van der Waals surface area contributed by atoms with Gasteiger partial charge >= 0.3 is 21.7 Å². The summed E-state index contributed by atoms with van der Waals surface area (Å²) in [5.41, 5.74) is 7.07. The maximum Gasteiger partial charge on any atom is 4.00 e. The second-order valence-corrected chi connectivity index (χ2v) is 4.96. The van der Waals surface area contributed by atoms with E-state index in [-0.39, 0.29) is 21.7 Å². The van der Waals surface area contributed by atoms with Crippen molar-refractivity contribution in [2.75, 3.05) is 21.3 Å². The van der Waals surface area contributed by atoms with Crippen molar-refractivity contribution in [1.29, 1.82) is 0 Å². The van der Waals surface area contributed by atoms with E-state index in [1.165, 1.54) is 44.9 Å². The molecular weight excluding hydrogens is 300 g/mol. The standard InChI is InChI=1S/C14H19.3CH3O.Ti/c1-10-11-6-2-4-8-13(11)14-9-5-3-7-12(10)14;3*1-2;/h6,10H,2-5,7-9H2,1H3;3*1H3;/q4*-1;+4. The maximum absolute atomic E-state index is 8.25. The van der Waals surface area contributed by atoms with E-state index in [0.29, 0.717) is 0 Å². The zero-order chi connectivity index (χ0) is 15.5. The van der Waals surface area contributed by atoms with Crippen LogP contribution in [0.2, 0.25) is 0 Å². The molecule has 3 aliphatic rings. The van der Waals surface area contributed by atoms with Crippen LogP contribution in [0.4, 0.5) is 0 Å². The third-order valence-electron chi connectivity index (χ3n) is 4.21. The van der Waals surface area contributed by atoms with E-state index in [2.05, 4.69) is 13.3 Å². The summed E-state index contributed by atoms with van der Waals surface area (Å²) in [5.74, 6) is 0.778. The third kappa shape index (κ3) is 5.57. The number of rotatable bonds is 0. The van der Waals surface area contributed by atoms with E-state index >= 15 is 0 Å². The molecule has 0 aromatic heterocycles. The fourth-order valence-corrected chi connectivity index (χ4v) is 3.51. The van der Waals surface area contributed by atoms with Crippen LogP contribution >= 0.6 is 0 Å². The molecule has 3 aliphatic carbocycles. The first-order valence-corrected chi connectivity index (χ1v) is 7.39. The van der Waals surface area contributed by atoms with Crippen molar-refractivity contribution in [2.45, 2.75) is 51.9 Å². The minimum Gasteiger partial charge on any atom is -0.857 e. The molecule has 21 heavy (non-hydrogen) atoms. The molecule has 1 atom stereocenters. The zero-order valence-electron chi connectivity index (χ0n) is 13.8. The van der Waals surface area contributed by atoms with Crippen LogP contribution in [0.1, 0.15) is 51.9 Å². The predicted octanol–water partition coefficient (Wildman–Crippen LogP) is 1.12. The average molecular weight is 328 g/mol. The van der Waals surface area contributed by atoms with Gasteiger partial charge in [0.2, 0.25) is 0 Å². The van der Waals surface area contributed by atoms with Gasteiger partial charge in [-0.15, -0.1) is 12.0 Å². The molecule has 0 fully saturated rings. The Morgan fingerprint density at radius 3 is 1.95 bits per heavy atom. The molecule has 0 heterocycles. The SMILES string of the molecule is CC1C2=C(CCC[CH-]2)C2=C1CCCC2.C[O-].C[O-].C[O-].[Ti+4]. The molecule has 0 saturated carbocycles. The van der Waals surface area contributed by atoms with Crippen molar-refractivity contribution in [2.24, 2.45) is 5.92 Å². The topological polar surface area (TPSA) is 69.2 Å². The summed E-state index contributed by atoms with van der Waals surface area (Å²) in [6, 6.07) is 0. The van der Waals surface area contributed by atoms with Crippen LogP contribution in [0.15, 0.2) is 22.3 Å². The van der Waals surface area contributed by atoms with Gasteiger partial charge in [-0.05, 0) is 25.2 Å². The van der Waals surface area contributed by atoms with Gasteiger partial charge in [-0.2, -0.15) is 26.9 Å². The van der Waals surface area contributed by atoms with Gasteiger partial charge in [-0.3, -0.25) is 0 Å². The molecule has 0 bridgehead atoms. The van der Waals surface area contributed by atoms with Crippen molar-refractivity contribution in [3.05, 3.63) is 28.7 Å². The van der Waals surface area contributed by atoms with Crippen LogP contribution in [-0.4, -0.2) is 21.3 Å². The summed E-state index contributed by atoms with van der Waals surface area (Å²) < 4.78 is 0. The van der Waals surface area contributed by atoms with Crippen LogP contribution < -0.4 is 15.3 Å². The van der Waals surface area contributed by atoms with Gasteiger partial charge in [0.15, 0.2) is 0 Å². The van der Waals surface area contributed by atoms with Gasteiger partial charge in [-0.1, -0.05) is 31.8 Å². The Labute approximate surface area is 145 Å². The molecule has 4 heteroatoms. The van der Waals surface area contributed by atoms with E-state index in [1.54, 1.807) is 22.3 Å². The Bertz CT molecular complexity index is 303. The van der Waals surface area contributed by atoms with Crippen LogP contribution in [0, 0.1) is 12.3 Å². The Morgan fingerprint density at radius 2 is 1.33 bits per heavy atom. The van der Waals surface area contributed by atoms with Gasteiger partial charge in [0, 0.05) is 0 Å². The van der Waals surface area contributed by atoms with Gasteiger partial charge < -0.3 is 15.3 Å². The van der Waals surface area contributed by atoms with Gasteiger partial charge in [-0.25, -0.2) is 12.0 Å². The largest absolute Gasteiger partial charge is 4.00 e. The molecule has 1 unspecified atom stereocenters. The summed E-state index contributed by atoms with van der Waals surface area (Å²) in [6.07, 6.45) is 12.2. The molecule has 0 aromatic carbocycles. The van der Waals surface area contributed by atoms with E-state index in [9.17, 15) is 0 Å². The summed E-state index contributed by atoms with van der Waals surface area (Å²) in [5, 5.41) is 24.8. The van der Waals surface area contributed by atoms with E-state index in [0.717, 1.165) is 27.2 Å². The average Bonchev–Trinajstić information content (AvgIpc) is 2.87. The molecule has 0 N–H and O–H groups in total. The molecule has 0 radical (unpaired) electrons. The molecule has 3 nitrogen and oxygen atoms in total. The number of allylic oxidation sites excluding steroid dienone is 4. The molecule has 3 rings (SSSR count). The number of hydrogen-bond donors (Lipinski definition) is 0. The van der Waals surface area contributed by atoms with Crippen LogP contribution in [0.3, 0.4) is 0 Å². The first-order chi connectivity index (χ1) is 9.88. The Morgan fingerprint density at radius 1 is 0.810 bits per heavy atom. The number of hydrogen-bond acceptors (Lipinski definition) is 3. The first-order valence-electron chi connectivity index (χ1n) is 7.39. The molecule has 0 saturated heterocycles. The molecule has 0 aliphatic heterocycles.